The Morgan fingerprint density at radius 3 is 0.656 bits per heavy atom. The van der Waals surface area contributed by atoms with Crippen LogP contribution in [0.25, 0.3) is 0 Å². The van der Waals surface area contributed by atoms with Gasteiger partial charge in [0, 0.05) is 0 Å². The van der Waals surface area contributed by atoms with Crippen molar-refractivity contribution in [3.63, 3.8) is 0 Å². The molecular weight excluding hydrogens is 422 g/mol. The van der Waals surface area contributed by atoms with Gasteiger partial charge in [0.25, 0.3) is 0 Å². The Morgan fingerprint density at radius 1 is 0.375 bits per heavy atom. The average Bonchev–Trinajstić information content (AvgIpc) is 2.95. The van der Waals surface area contributed by atoms with Gasteiger partial charge in [-0.1, -0.05) is 127 Å². The first kappa shape index (κ1) is 29.1. The van der Waals surface area contributed by atoms with Crippen LogP contribution in [0.3, 0.4) is 0 Å². The van der Waals surface area contributed by atoms with Crippen LogP contribution in [0, 0.1) is 45.3 Å². The zero-order valence-electron chi connectivity index (χ0n) is 24.9. The Kier molecular flexibility index (Phi) is 8.53. The van der Waals surface area contributed by atoms with Crippen LogP contribution in [-0.4, -0.2) is 35.0 Å². The van der Waals surface area contributed by atoms with Crippen molar-refractivity contribution in [2.45, 2.75) is 133 Å². The highest BCUT2D eigenvalue weighted by atomic mass is 31.1. The van der Waals surface area contributed by atoms with E-state index in [-0.39, 0.29) is 15.8 Å². The van der Waals surface area contributed by atoms with E-state index in [0.717, 1.165) is 46.3 Å². The smallest absolute Gasteiger partial charge is 0.0199 e. The molecule has 0 aromatic rings. The maximum Gasteiger partial charge on any atom is -0.0199 e. The fourth-order valence-electron chi connectivity index (χ4n) is 8.86. The molecule has 0 aromatic heterocycles. The highest BCUT2D eigenvalue weighted by molar-refractivity contribution is 7.63. The molecule has 8 unspecified atom stereocenters. The van der Waals surface area contributed by atoms with Crippen LogP contribution in [-0.2, 0) is 0 Å². The molecule has 0 aliphatic carbocycles. The first-order valence-electron chi connectivity index (χ1n) is 13.6. The lowest BCUT2D eigenvalue weighted by Gasteiger charge is -2.42. The summed E-state index contributed by atoms with van der Waals surface area (Å²) in [6.45, 7) is 40.8. The lowest BCUT2D eigenvalue weighted by molar-refractivity contribution is 0.0852. The van der Waals surface area contributed by atoms with Crippen LogP contribution < -0.4 is 0 Å². The minimum atomic E-state index is 0.102. The lowest BCUT2D eigenvalue weighted by Crippen LogP contribution is -2.39. The molecule has 0 radical (unpaired) electrons. The molecule has 0 spiro atoms. The topological polar surface area (TPSA) is 0 Å². The molecule has 0 amide bonds. The summed E-state index contributed by atoms with van der Waals surface area (Å²) in [4.78, 5) is 0. The Hall–Kier alpha value is 0.860. The fourth-order valence-corrected chi connectivity index (χ4v) is 18.0. The molecule has 2 heterocycles. The minimum absolute atomic E-state index is 0.102. The fraction of sp³-hybridized carbons (Fsp3) is 1.00. The number of hydrogen-bond acceptors (Lipinski definition) is 0. The third kappa shape index (κ3) is 5.64. The Bertz CT molecular complexity index is 515. The van der Waals surface area contributed by atoms with Gasteiger partial charge in [-0.05, 0) is 80.3 Å². The second kappa shape index (κ2) is 9.38. The Morgan fingerprint density at radius 2 is 0.531 bits per heavy atom. The molecule has 0 saturated carbocycles. The predicted octanol–water partition coefficient (Wildman–Crippen LogP) is 10.2. The van der Waals surface area contributed by atoms with Crippen LogP contribution in [0.15, 0.2) is 0 Å². The predicted molar refractivity (Wildman–Crippen MR) is 153 cm³/mol. The van der Waals surface area contributed by atoms with Gasteiger partial charge in [0.2, 0.25) is 0 Å². The van der Waals surface area contributed by atoms with Gasteiger partial charge in [0.05, 0.1) is 0 Å². The van der Waals surface area contributed by atoms with Gasteiger partial charge in [0.15, 0.2) is 0 Å². The van der Waals surface area contributed by atoms with E-state index < -0.39 is 0 Å². The summed E-state index contributed by atoms with van der Waals surface area (Å²) < 4.78 is 0. The van der Waals surface area contributed by atoms with Crippen LogP contribution in [0.2, 0.25) is 0 Å². The van der Waals surface area contributed by atoms with Crippen molar-refractivity contribution in [1.29, 1.82) is 0 Å². The maximum absolute atomic E-state index is 2.65. The monoisotopic (exact) mass is 482 g/mol. The molecule has 0 N–H and O–H groups in total. The first-order chi connectivity index (χ1) is 14.1. The van der Waals surface area contributed by atoms with Gasteiger partial charge in [-0.2, -0.15) is 0 Å². The molecule has 2 heteroatoms. The molecule has 32 heavy (non-hydrogen) atoms. The van der Waals surface area contributed by atoms with Crippen molar-refractivity contribution >= 4 is 15.8 Å². The van der Waals surface area contributed by atoms with Crippen molar-refractivity contribution in [3.05, 3.63) is 0 Å². The highest BCUT2D eigenvalue weighted by Gasteiger charge is 2.56. The molecule has 2 aliphatic heterocycles. The largest absolute Gasteiger partial charge is 0.0999 e. The van der Waals surface area contributed by atoms with Gasteiger partial charge < -0.3 is 0 Å². The van der Waals surface area contributed by atoms with E-state index in [4.69, 9.17) is 0 Å². The molecular formula is C30H60P2. The summed E-state index contributed by atoms with van der Waals surface area (Å²) in [6.07, 6.45) is 3.07. The van der Waals surface area contributed by atoms with Crippen molar-refractivity contribution in [2.75, 3.05) is 12.3 Å². The maximum atomic E-state index is 2.65. The van der Waals surface area contributed by atoms with E-state index in [1.165, 1.54) is 12.3 Å². The van der Waals surface area contributed by atoms with E-state index in [1.54, 1.807) is 0 Å². The SMILES string of the molecule is CC1C(C(C)(C)C)C(C(C)(C)C)C(C)P1CCP1C(C)C(C(C)(C)C)C(C(C)(C)C)C1C. The molecule has 2 aliphatic rings. The van der Waals surface area contributed by atoms with Gasteiger partial charge in [0.1, 0.15) is 0 Å². The molecule has 2 saturated heterocycles. The van der Waals surface area contributed by atoms with Gasteiger partial charge in [-0.3, -0.25) is 0 Å². The Labute approximate surface area is 206 Å². The Balaban J connectivity index is 2.29. The summed E-state index contributed by atoms with van der Waals surface area (Å²) in [7, 11) is 0.205. The molecule has 190 valence electrons. The van der Waals surface area contributed by atoms with Crippen LogP contribution in [0.1, 0.15) is 111 Å². The van der Waals surface area contributed by atoms with E-state index in [9.17, 15) is 0 Å². The first-order valence-corrected chi connectivity index (χ1v) is 17.0. The number of hydrogen-bond donors (Lipinski definition) is 0. The van der Waals surface area contributed by atoms with Gasteiger partial charge in [-0.25, -0.2) is 0 Å². The quantitative estimate of drug-likeness (QED) is 0.351. The average molecular weight is 483 g/mol. The molecule has 0 bridgehead atoms. The summed E-state index contributed by atoms with van der Waals surface area (Å²) in [5.74, 6) is 3.44. The third-order valence-corrected chi connectivity index (χ3v) is 16.9. The highest BCUT2D eigenvalue weighted by Crippen LogP contribution is 2.71. The summed E-state index contributed by atoms with van der Waals surface area (Å²) >= 11 is 0. The van der Waals surface area contributed by atoms with E-state index in [0.29, 0.717) is 21.7 Å². The molecule has 0 nitrogen and oxygen atoms in total. The van der Waals surface area contributed by atoms with Crippen LogP contribution in [0.4, 0.5) is 0 Å². The zero-order valence-corrected chi connectivity index (χ0v) is 26.7. The van der Waals surface area contributed by atoms with Gasteiger partial charge in [-0.15, -0.1) is 0 Å². The van der Waals surface area contributed by atoms with Gasteiger partial charge >= 0.3 is 0 Å². The minimum Gasteiger partial charge on any atom is -0.0999 e. The normalized spacial score (nSPS) is 42.0. The standard InChI is InChI=1S/C30H60P2/c1-19-23(27(5,6)7)24(28(8,9)10)20(2)31(19)17-18-32-21(3)25(29(11,12)13)26(22(32)4)30(14,15)16/h19-26H,17-18H2,1-16H3. The number of rotatable bonds is 3. The summed E-state index contributed by atoms with van der Waals surface area (Å²) in [5, 5.41) is 0. The zero-order chi connectivity index (χ0) is 25.2. The van der Waals surface area contributed by atoms with Crippen LogP contribution in [0.5, 0.6) is 0 Å². The lowest BCUT2D eigenvalue weighted by atomic mass is 9.62. The molecule has 8 atom stereocenters. The van der Waals surface area contributed by atoms with Crippen molar-refractivity contribution < 1.29 is 0 Å². The summed E-state index contributed by atoms with van der Waals surface area (Å²) in [5.41, 5.74) is 5.28. The molecule has 2 fully saturated rings. The van der Waals surface area contributed by atoms with E-state index in [2.05, 4.69) is 111 Å². The second-order valence-corrected chi connectivity index (χ2v) is 22.2. The summed E-state index contributed by atoms with van der Waals surface area (Å²) in [6, 6.07) is 0. The van der Waals surface area contributed by atoms with Crippen molar-refractivity contribution in [3.8, 4) is 0 Å². The van der Waals surface area contributed by atoms with E-state index in [1.807, 2.05) is 0 Å². The third-order valence-electron chi connectivity index (χ3n) is 9.56. The van der Waals surface area contributed by atoms with Crippen molar-refractivity contribution in [2.24, 2.45) is 45.3 Å². The molecule has 0 aromatic carbocycles. The van der Waals surface area contributed by atoms with Crippen LogP contribution >= 0.6 is 15.8 Å². The van der Waals surface area contributed by atoms with E-state index >= 15 is 0 Å². The second-order valence-electron chi connectivity index (χ2n) is 16.0. The van der Waals surface area contributed by atoms with Crippen molar-refractivity contribution in [1.82, 2.24) is 0 Å². The molecule has 2 rings (SSSR count).